The van der Waals surface area contributed by atoms with Gasteiger partial charge < -0.3 is 30.5 Å². The van der Waals surface area contributed by atoms with Gasteiger partial charge in [0.15, 0.2) is 6.23 Å². The van der Waals surface area contributed by atoms with Gasteiger partial charge >= 0.3 is 0 Å². The molecule has 1 rings (SSSR count). The molecule has 1 heterocycles. The predicted molar refractivity (Wildman–Crippen MR) is 52.1 cm³/mol. The molecule has 0 spiro atoms. The van der Waals surface area contributed by atoms with E-state index in [1.807, 2.05) is 0 Å². The summed E-state index contributed by atoms with van der Waals surface area (Å²) in [6.07, 6.45) is -5.66. The molecule has 7 heteroatoms. The van der Waals surface area contributed by atoms with E-state index in [1.165, 1.54) is 0 Å². The standard InChI is InChI=1S/C9H15NO6/c1-2-5(12)10-9-8(15)7(14)6(13)4(3-11)16-9/h2,4,6-9,11,13-15H,1,3H2,(H,10,12)/t4-,6-,7+,8-,9?/m1/s1. The van der Waals surface area contributed by atoms with E-state index in [9.17, 15) is 20.1 Å². The number of hydrogen-bond acceptors (Lipinski definition) is 6. The maximum Gasteiger partial charge on any atom is 0.245 e. The highest BCUT2D eigenvalue weighted by Crippen LogP contribution is 2.19. The van der Waals surface area contributed by atoms with Crippen molar-refractivity contribution in [1.82, 2.24) is 5.32 Å². The zero-order valence-electron chi connectivity index (χ0n) is 8.48. The molecule has 0 aromatic heterocycles. The lowest BCUT2D eigenvalue weighted by Crippen LogP contribution is -2.63. The molecule has 1 saturated heterocycles. The number of carbonyl (C=O) groups excluding carboxylic acids is 1. The maximum atomic E-state index is 11.0. The Balaban J connectivity index is 2.70. The first kappa shape index (κ1) is 13.1. The molecule has 1 aliphatic rings. The number of nitrogens with one attached hydrogen (secondary N) is 1. The SMILES string of the molecule is C=CC(=O)NC1O[C@H](CO)[C@@H](O)[C@H](O)[C@H]1O. The van der Waals surface area contributed by atoms with Crippen LogP contribution in [0.15, 0.2) is 12.7 Å². The quantitative estimate of drug-likeness (QED) is 0.333. The Labute approximate surface area is 92.0 Å². The number of aliphatic hydroxyl groups excluding tert-OH is 4. The van der Waals surface area contributed by atoms with Gasteiger partial charge in [-0.05, 0) is 6.08 Å². The molecule has 5 N–H and O–H groups in total. The zero-order valence-corrected chi connectivity index (χ0v) is 8.48. The van der Waals surface area contributed by atoms with Crippen molar-refractivity contribution in [2.75, 3.05) is 6.61 Å². The Morgan fingerprint density at radius 2 is 1.94 bits per heavy atom. The lowest BCUT2D eigenvalue weighted by molar-refractivity contribution is -0.235. The van der Waals surface area contributed by atoms with Gasteiger partial charge in [0.1, 0.15) is 24.4 Å². The Kier molecular flexibility index (Phi) is 4.39. The van der Waals surface area contributed by atoms with E-state index in [0.29, 0.717) is 0 Å². The van der Waals surface area contributed by atoms with E-state index >= 15 is 0 Å². The lowest BCUT2D eigenvalue weighted by Gasteiger charge is -2.39. The van der Waals surface area contributed by atoms with Gasteiger partial charge in [-0.1, -0.05) is 6.58 Å². The van der Waals surface area contributed by atoms with Crippen LogP contribution in [0.2, 0.25) is 0 Å². The Morgan fingerprint density at radius 3 is 2.44 bits per heavy atom. The molecule has 0 saturated carbocycles. The van der Waals surface area contributed by atoms with Gasteiger partial charge in [0, 0.05) is 0 Å². The predicted octanol–water partition coefficient (Wildman–Crippen LogP) is -2.91. The lowest BCUT2D eigenvalue weighted by atomic mass is 9.98. The smallest absolute Gasteiger partial charge is 0.245 e. The number of amides is 1. The van der Waals surface area contributed by atoms with Crippen LogP contribution in [0.4, 0.5) is 0 Å². The third-order valence-electron chi connectivity index (χ3n) is 2.36. The van der Waals surface area contributed by atoms with Crippen LogP contribution in [0.5, 0.6) is 0 Å². The van der Waals surface area contributed by atoms with Gasteiger partial charge in [-0.3, -0.25) is 4.79 Å². The second kappa shape index (κ2) is 5.37. The second-order valence-electron chi connectivity index (χ2n) is 3.46. The minimum absolute atomic E-state index is 0.536. The molecular formula is C9H15NO6. The molecule has 92 valence electrons. The number of aliphatic hydroxyl groups is 4. The van der Waals surface area contributed by atoms with Crippen molar-refractivity contribution in [3.63, 3.8) is 0 Å². The topological polar surface area (TPSA) is 119 Å². The fourth-order valence-electron chi connectivity index (χ4n) is 1.42. The Bertz CT molecular complexity index is 269. The first-order chi connectivity index (χ1) is 7.51. The summed E-state index contributed by atoms with van der Waals surface area (Å²) in [7, 11) is 0. The average Bonchev–Trinajstić information content (AvgIpc) is 2.29. The Morgan fingerprint density at radius 1 is 1.31 bits per heavy atom. The highest BCUT2D eigenvalue weighted by atomic mass is 16.6. The third-order valence-corrected chi connectivity index (χ3v) is 2.36. The van der Waals surface area contributed by atoms with E-state index in [0.717, 1.165) is 6.08 Å². The number of ether oxygens (including phenoxy) is 1. The summed E-state index contributed by atoms with van der Waals surface area (Å²) < 4.78 is 5.01. The van der Waals surface area contributed by atoms with E-state index in [2.05, 4.69) is 11.9 Å². The molecule has 0 bridgehead atoms. The molecule has 0 aromatic carbocycles. The molecule has 0 aliphatic carbocycles. The summed E-state index contributed by atoms with van der Waals surface area (Å²) in [5, 5.41) is 39.4. The monoisotopic (exact) mass is 233 g/mol. The van der Waals surface area contributed by atoms with Crippen LogP contribution in [-0.2, 0) is 9.53 Å². The maximum absolute atomic E-state index is 11.0. The van der Waals surface area contributed by atoms with Gasteiger partial charge in [-0.2, -0.15) is 0 Å². The van der Waals surface area contributed by atoms with Crippen molar-refractivity contribution in [1.29, 1.82) is 0 Å². The first-order valence-corrected chi connectivity index (χ1v) is 4.74. The molecule has 1 fully saturated rings. The minimum Gasteiger partial charge on any atom is -0.394 e. The average molecular weight is 233 g/mol. The van der Waals surface area contributed by atoms with Crippen molar-refractivity contribution in [3.05, 3.63) is 12.7 Å². The molecule has 1 aliphatic heterocycles. The van der Waals surface area contributed by atoms with Crippen LogP contribution >= 0.6 is 0 Å². The van der Waals surface area contributed by atoms with E-state index in [-0.39, 0.29) is 0 Å². The molecule has 1 unspecified atom stereocenters. The zero-order chi connectivity index (χ0) is 12.3. The Hall–Kier alpha value is -0.990. The van der Waals surface area contributed by atoms with Gasteiger partial charge in [0.2, 0.25) is 5.91 Å². The van der Waals surface area contributed by atoms with Crippen molar-refractivity contribution in [3.8, 4) is 0 Å². The summed E-state index contributed by atoms with van der Waals surface area (Å²) in [6, 6.07) is 0. The van der Waals surface area contributed by atoms with Crippen LogP contribution in [0.25, 0.3) is 0 Å². The molecule has 16 heavy (non-hydrogen) atoms. The highest BCUT2D eigenvalue weighted by molar-refractivity contribution is 5.87. The van der Waals surface area contributed by atoms with Gasteiger partial charge in [0.25, 0.3) is 0 Å². The summed E-state index contributed by atoms with van der Waals surface area (Å²) in [5.74, 6) is -0.593. The van der Waals surface area contributed by atoms with Crippen molar-refractivity contribution in [2.24, 2.45) is 0 Å². The van der Waals surface area contributed by atoms with E-state index < -0.39 is 43.2 Å². The summed E-state index contributed by atoms with van der Waals surface area (Å²) in [6.45, 7) is 2.68. The van der Waals surface area contributed by atoms with E-state index in [4.69, 9.17) is 9.84 Å². The highest BCUT2D eigenvalue weighted by Gasteiger charge is 2.43. The normalized spacial score (nSPS) is 39.1. The summed E-state index contributed by atoms with van der Waals surface area (Å²) in [5.41, 5.74) is 0. The molecule has 0 radical (unpaired) electrons. The largest absolute Gasteiger partial charge is 0.394 e. The fraction of sp³-hybridized carbons (Fsp3) is 0.667. The van der Waals surface area contributed by atoms with Gasteiger partial charge in [-0.25, -0.2) is 0 Å². The first-order valence-electron chi connectivity index (χ1n) is 4.74. The minimum atomic E-state index is -1.50. The molecule has 1 amide bonds. The number of hydrogen-bond donors (Lipinski definition) is 5. The number of rotatable bonds is 3. The molecular weight excluding hydrogens is 218 g/mol. The van der Waals surface area contributed by atoms with Crippen molar-refractivity contribution < 1.29 is 30.0 Å². The fourth-order valence-corrected chi connectivity index (χ4v) is 1.42. The van der Waals surface area contributed by atoms with Crippen molar-refractivity contribution >= 4 is 5.91 Å². The third kappa shape index (κ3) is 2.57. The molecule has 5 atom stereocenters. The van der Waals surface area contributed by atoms with Crippen LogP contribution in [0.3, 0.4) is 0 Å². The van der Waals surface area contributed by atoms with Crippen LogP contribution < -0.4 is 5.32 Å². The summed E-state index contributed by atoms with van der Waals surface area (Å²) >= 11 is 0. The van der Waals surface area contributed by atoms with Gasteiger partial charge in [0.05, 0.1) is 6.61 Å². The van der Waals surface area contributed by atoms with E-state index in [1.54, 1.807) is 0 Å². The molecule has 0 aromatic rings. The van der Waals surface area contributed by atoms with Crippen molar-refractivity contribution in [2.45, 2.75) is 30.6 Å². The number of carbonyl (C=O) groups is 1. The molecule has 7 nitrogen and oxygen atoms in total. The summed E-state index contributed by atoms with van der Waals surface area (Å²) in [4.78, 5) is 11.0. The van der Waals surface area contributed by atoms with Gasteiger partial charge in [-0.15, -0.1) is 0 Å². The second-order valence-corrected chi connectivity index (χ2v) is 3.46. The van der Waals surface area contributed by atoms with Crippen LogP contribution in [-0.4, -0.2) is 63.6 Å². The van der Waals surface area contributed by atoms with Crippen LogP contribution in [0, 0.1) is 0 Å². The van der Waals surface area contributed by atoms with Crippen LogP contribution in [0.1, 0.15) is 0 Å².